The Morgan fingerprint density at radius 3 is 2.38 bits per heavy atom. The van der Waals surface area contributed by atoms with Gasteiger partial charge in [0.15, 0.2) is 11.6 Å². The maximum absolute atomic E-state index is 14.2. The van der Waals surface area contributed by atoms with Gasteiger partial charge in [-0.1, -0.05) is 56.3 Å². The van der Waals surface area contributed by atoms with Crippen molar-refractivity contribution < 1.29 is 14.2 Å². The van der Waals surface area contributed by atoms with E-state index < -0.39 is 17.3 Å². The quantitative estimate of drug-likeness (QED) is 0.908. The molecule has 0 radical (unpaired) electrons. The predicted octanol–water partition coefficient (Wildman–Crippen LogP) is 3.72. The molecule has 0 saturated heterocycles. The monoisotopic (exact) mass is 288 g/mol. The van der Waals surface area contributed by atoms with E-state index in [2.05, 4.69) is 0 Å². The fourth-order valence-electron chi connectivity index (χ4n) is 2.40. The van der Waals surface area contributed by atoms with Crippen molar-refractivity contribution in [3.8, 4) is 5.75 Å². The summed E-state index contributed by atoms with van der Waals surface area (Å²) in [5, 5.41) is 10.6. The molecule has 1 N–H and O–H groups in total. The van der Waals surface area contributed by atoms with E-state index in [0.29, 0.717) is 5.56 Å². The van der Waals surface area contributed by atoms with Crippen LogP contribution in [-0.4, -0.2) is 18.3 Å². The van der Waals surface area contributed by atoms with E-state index in [-0.39, 0.29) is 12.2 Å². The minimum Gasteiger partial charge on any atom is -0.494 e. The molecular weight excluding hydrogens is 267 g/mol. The van der Waals surface area contributed by atoms with Gasteiger partial charge in [0.25, 0.3) is 0 Å². The third-order valence-electron chi connectivity index (χ3n) is 4.03. The average Bonchev–Trinajstić information content (AvgIpc) is 2.50. The van der Waals surface area contributed by atoms with Crippen molar-refractivity contribution in [2.45, 2.75) is 31.8 Å². The summed E-state index contributed by atoms with van der Waals surface area (Å²) < 4.78 is 19.2. The van der Waals surface area contributed by atoms with Gasteiger partial charge in [-0.05, 0) is 17.2 Å². The molecule has 0 bridgehead atoms. The highest BCUT2D eigenvalue weighted by molar-refractivity contribution is 5.33. The summed E-state index contributed by atoms with van der Waals surface area (Å²) in [7, 11) is 1.44. The van der Waals surface area contributed by atoms with Crippen LogP contribution in [0.25, 0.3) is 0 Å². The number of benzene rings is 2. The number of aliphatic hydroxyl groups excluding tert-OH is 1. The molecule has 0 fully saturated rings. The lowest BCUT2D eigenvalue weighted by molar-refractivity contribution is 0.0990. The van der Waals surface area contributed by atoms with Crippen LogP contribution in [0.4, 0.5) is 4.39 Å². The molecule has 0 spiro atoms. The second-order valence-corrected chi connectivity index (χ2v) is 5.74. The standard InChI is InChI=1S/C18H21FO2/c1-18(2,14-9-5-4-6-10-14)16(20)12-13-8-7-11-15(21-3)17(13)19/h4-11,16,20H,12H2,1-3H3. The number of rotatable bonds is 5. The zero-order valence-electron chi connectivity index (χ0n) is 12.6. The lowest BCUT2D eigenvalue weighted by Gasteiger charge is -2.31. The number of hydrogen-bond donors (Lipinski definition) is 1. The van der Waals surface area contributed by atoms with Crippen LogP contribution < -0.4 is 4.74 Å². The summed E-state index contributed by atoms with van der Waals surface area (Å²) in [6.45, 7) is 3.93. The van der Waals surface area contributed by atoms with Crippen molar-refractivity contribution in [2.24, 2.45) is 0 Å². The minimum absolute atomic E-state index is 0.206. The molecule has 0 heterocycles. The van der Waals surface area contributed by atoms with Gasteiger partial charge in [-0.2, -0.15) is 0 Å². The average molecular weight is 288 g/mol. The molecule has 0 aliphatic heterocycles. The van der Waals surface area contributed by atoms with Gasteiger partial charge < -0.3 is 9.84 Å². The van der Waals surface area contributed by atoms with Crippen LogP contribution in [0.15, 0.2) is 48.5 Å². The second kappa shape index (κ2) is 6.27. The largest absolute Gasteiger partial charge is 0.494 e. The highest BCUT2D eigenvalue weighted by atomic mass is 19.1. The van der Waals surface area contributed by atoms with Crippen LogP contribution in [0.5, 0.6) is 5.75 Å². The third kappa shape index (κ3) is 3.24. The van der Waals surface area contributed by atoms with E-state index in [4.69, 9.17) is 4.74 Å². The lowest BCUT2D eigenvalue weighted by atomic mass is 9.77. The van der Waals surface area contributed by atoms with E-state index in [1.54, 1.807) is 18.2 Å². The number of aliphatic hydroxyl groups is 1. The van der Waals surface area contributed by atoms with Crippen molar-refractivity contribution in [1.82, 2.24) is 0 Å². The first-order valence-electron chi connectivity index (χ1n) is 7.01. The van der Waals surface area contributed by atoms with Crippen LogP contribution in [0.1, 0.15) is 25.0 Å². The Bertz CT molecular complexity index is 593. The highest BCUT2D eigenvalue weighted by Crippen LogP contribution is 2.30. The smallest absolute Gasteiger partial charge is 0.168 e. The Balaban J connectivity index is 2.24. The van der Waals surface area contributed by atoms with E-state index >= 15 is 0 Å². The first-order valence-corrected chi connectivity index (χ1v) is 7.01. The van der Waals surface area contributed by atoms with Crippen LogP contribution in [-0.2, 0) is 11.8 Å². The topological polar surface area (TPSA) is 29.5 Å². The van der Waals surface area contributed by atoms with Crippen LogP contribution in [0.2, 0.25) is 0 Å². The Morgan fingerprint density at radius 1 is 1.10 bits per heavy atom. The molecule has 112 valence electrons. The predicted molar refractivity (Wildman–Crippen MR) is 82.1 cm³/mol. The van der Waals surface area contributed by atoms with Crippen molar-refractivity contribution in [2.75, 3.05) is 7.11 Å². The highest BCUT2D eigenvalue weighted by Gasteiger charge is 2.30. The van der Waals surface area contributed by atoms with Gasteiger partial charge in [-0.3, -0.25) is 0 Å². The summed E-state index contributed by atoms with van der Waals surface area (Å²) in [5.74, 6) is -0.194. The molecule has 2 nitrogen and oxygen atoms in total. The van der Waals surface area contributed by atoms with Crippen LogP contribution >= 0.6 is 0 Å². The molecule has 1 unspecified atom stereocenters. The zero-order chi connectivity index (χ0) is 15.5. The van der Waals surface area contributed by atoms with Crippen LogP contribution in [0.3, 0.4) is 0 Å². The number of halogens is 1. The van der Waals surface area contributed by atoms with Gasteiger partial charge >= 0.3 is 0 Å². The molecule has 0 aliphatic carbocycles. The Hall–Kier alpha value is -1.87. The van der Waals surface area contributed by atoms with Gasteiger partial charge in [-0.15, -0.1) is 0 Å². The van der Waals surface area contributed by atoms with Crippen molar-refractivity contribution >= 4 is 0 Å². The third-order valence-corrected chi connectivity index (χ3v) is 4.03. The number of ether oxygens (including phenoxy) is 1. The molecule has 0 aromatic heterocycles. The molecule has 2 aromatic carbocycles. The first kappa shape index (κ1) is 15.5. The SMILES string of the molecule is COc1cccc(CC(O)C(C)(C)c2ccccc2)c1F. The van der Waals surface area contributed by atoms with E-state index in [1.165, 1.54) is 7.11 Å². The lowest BCUT2D eigenvalue weighted by Crippen LogP contribution is -2.35. The molecular formula is C18H21FO2. The summed E-state index contributed by atoms with van der Waals surface area (Å²) in [6.07, 6.45) is -0.452. The van der Waals surface area contributed by atoms with E-state index in [0.717, 1.165) is 5.56 Å². The van der Waals surface area contributed by atoms with Gasteiger partial charge in [0, 0.05) is 11.8 Å². The van der Waals surface area contributed by atoms with Crippen molar-refractivity contribution in [3.63, 3.8) is 0 Å². The molecule has 0 amide bonds. The fourth-order valence-corrected chi connectivity index (χ4v) is 2.40. The molecule has 0 aliphatic rings. The molecule has 0 saturated carbocycles. The van der Waals surface area contributed by atoms with Crippen molar-refractivity contribution in [3.05, 3.63) is 65.5 Å². The van der Waals surface area contributed by atoms with E-state index in [9.17, 15) is 9.50 Å². The molecule has 1 atom stereocenters. The van der Waals surface area contributed by atoms with Gasteiger partial charge in [-0.25, -0.2) is 4.39 Å². The fraction of sp³-hybridized carbons (Fsp3) is 0.333. The molecule has 3 heteroatoms. The van der Waals surface area contributed by atoms with Crippen molar-refractivity contribution in [1.29, 1.82) is 0 Å². The maximum atomic E-state index is 14.2. The summed E-state index contributed by atoms with van der Waals surface area (Å²) in [5.41, 5.74) is 1.03. The van der Waals surface area contributed by atoms with Gasteiger partial charge in [0.2, 0.25) is 0 Å². The van der Waals surface area contributed by atoms with Gasteiger partial charge in [0.05, 0.1) is 13.2 Å². The normalized spacial score (nSPS) is 13.0. The summed E-state index contributed by atoms with van der Waals surface area (Å²) in [4.78, 5) is 0. The summed E-state index contributed by atoms with van der Waals surface area (Å²) >= 11 is 0. The van der Waals surface area contributed by atoms with Crippen LogP contribution in [0, 0.1) is 5.82 Å². The minimum atomic E-state index is -0.693. The maximum Gasteiger partial charge on any atom is 0.168 e. The summed E-state index contributed by atoms with van der Waals surface area (Å²) in [6, 6.07) is 14.8. The Labute approximate surface area is 125 Å². The molecule has 2 rings (SSSR count). The second-order valence-electron chi connectivity index (χ2n) is 5.74. The Morgan fingerprint density at radius 2 is 1.76 bits per heavy atom. The first-order chi connectivity index (χ1) is 9.96. The number of hydrogen-bond acceptors (Lipinski definition) is 2. The van der Waals surface area contributed by atoms with E-state index in [1.807, 2.05) is 44.2 Å². The Kier molecular flexibility index (Phi) is 4.63. The van der Waals surface area contributed by atoms with Gasteiger partial charge in [0.1, 0.15) is 0 Å². The number of methoxy groups -OCH3 is 1. The molecule has 2 aromatic rings. The zero-order valence-corrected chi connectivity index (χ0v) is 12.6. The molecule has 21 heavy (non-hydrogen) atoms.